The van der Waals surface area contributed by atoms with Crippen LogP contribution in [0.2, 0.25) is 10.0 Å². The molecule has 1 unspecified atom stereocenters. The van der Waals surface area contributed by atoms with E-state index >= 15 is 0 Å². The van der Waals surface area contributed by atoms with Crippen LogP contribution in [0.4, 0.5) is 6.01 Å². The van der Waals surface area contributed by atoms with Gasteiger partial charge in [-0.05, 0) is 56.4 Å². The van der Waals surface area contributed by atoms with Gasteiger partial charge in [0.15, 0.2) is 11.4 Å². The molecule has 3 aromatic rings. The SMILES string of the molecule is Cc1cccc(Cl)c1C(=O)C1CCC[C@H](Nc2nc3ccc(Cl)cc3o2)CC1. The van der Waals surface area contributed by atoms with Gasteiger partial charge in [0.1, 0.15) is 5.52 Å². The fraction of sp³-hybridized carbons (Fsp3) is 0.364. The van der Waals surface area contributed by atoms with Gasteiger partial charge in [-0.1, -0.05) is 41.8 Å². The summed E-state index contributed by atoms with van der Waals surface area (Å²) in [5, 5.41) is 4.57. The average molecular weight is 417 g/mol. The molecule has 0 amide bonds. The number of benzene rings is 2. The van der Waals surface area contributed by atoms with Gasteiger partial charge in [-0.2, -0.15) is 4.98 Å². The van der Waals surface area contributed by atoms with E-state index in [0.29, 0.717) is 27.2 Å². The molecule has 1 saturated carbocycles. The molecule has 0 saturated heterocycles. The summed E-state index contributed by atoms with van der Waals surface area (Å²) in [6, 6.07) is 11.8. The highest BCUT2D eigenvalue weighted by Crippen LogP contribution is 2.32. The number of fused-ring (bicyclic) bond motifs is 1. The Morgan fingerprint density at radius 1 is 1.14 bits per heavy atom. The molecule has 28 heavy (non-hydrogen) atoms. The highest BCUT2D eigenvalue weighted by atomic mass is 35.5. The minimum atomic E-state index is 0.00726. The number of aryl methyl sites for hydroxylation is 1. The molecule has 1 fully saturated rings. The number of halogens is 2. The lowest BCUT2D eigenvalue weighted by Crippen LogP contribution is -2.20. The molecule has 4 nitrogen and oxygen atoms in total. The largest absolute Gasteiger partial charge is 0.423 e. The van der Waals surface area contributed by atoms with Gasteiger partial charge in [-0.25, -0.2) is 0 Å². The minimum absolute atomic E-state index is 0.00726. The van der Waals surface area contributed by atoms with Crippen molar-refractivity contribution in [2.45, 2.75) is 45.1 Å². The van der Waals surface area contributed by atoms with Crippen molar-refractivity contribution in [2.24, 2.45) is 5.92 Å². The Balaban J connectivity index is 1.44. The number of nitrogens with zero attached hydrogens (tertiary/aromatic N) is 1. The predicted octanol–water partition coefficient (Wildman–Crippen LogP) is 6.69. The summed E-state index contributed by atoms with van der Waals surface area (Å²) in [6.07, 6.45) is 4.55. The van der Waals surface area contributed by atoms with Crippen LogP contribution in [0.5, 0.6) is 0 Å². The predicted molar refractivity (Wildman–Crippen MR) is 114 cm³/mol. The Hall–Kier alpha value is -2.04. The van der Waals surface area contributed by atoms with Crippen molar-refractivity contribution in [3.8, 4) is 0 Å². The Bertz CT molecular complexity index is 995. The molecule has 0 spiro atoms. The molecule has 146 valence electrons. The molecule has 4 rings (SSSR count). The zero-order valence-electron chi connectivity index (χ0n) is 15.7. The molecule has 1 heterocycles. The highest BCUT2D eigenvalue weighted by Gasteiger charge is 2.27. The van der Waals surface area contributed by atoms with Crippen LogP contribution in [-0.2, 0) is 0 Å². The Morgan fingerprint density at radius 2 is 2.00 bits per heavy atom. The van der Waals surface area contributed by atoms with Crippen LogP contribution in [0.15, 0.2) is 40.8 Å². The molecular weight excluding hydrogens is 395 g/mol. The first-order valence-corrected chi connectivity index (χ1v) is 10.4. The summed E-state index contributed by atoms with van der Waals surface area (Å²) < 4.78 is 5.78. The van der Waals surface area contributed by atoms with Crippen LogP contribution in [-0.4, -0.2) is 16.8 Å². The summed E-state index contributed by atoms with van der Waals surface area (Å²) in [7, 11) is 0. The van der Waals surface area contributed by atoms with Gasteiger partial charge < -0.3 is 9.73 Å². The summed E-state index contributed by atoms with van der Waals surface area (Å²) >= 11 is 12.3. The topological polar surface area (TPSA) is 55.1 Å². The molecule has 1 aliphatic rings. The minimum Gasteiger partial charge on any atom is -0.423 e. The lowest BCUT2D eigenvalue weighted by Gasteiger charge is -2.16. The van der Waals surface area contributed by atoms with Gasteiger partial charge in [0.25, 0.3) is 6.01 Å². The maximum Gasteiger partial charge on any atom is 0.295 e. The molecular formula is C22H22Cl2N2O2. The van der Waals surface area contributed by atoms with Crippen LogP contribution in [0.25, 0.3) is 11.1 Å². The smallest absolute Gasteiger partial charge is 0.295 e. The van der Waals surface area contributed by atoms with Crippen molar-refractivity contribution >= 4 is 46.1 Å². The van der Waals surface area contributed by atoms with Gasteiger partial charge >= 0.3 is 0 Å². The van der Waals surface area contributed by atoms with Crippen molar-refractivity contribution in [3.05, 3.63) is 57.6 Å². The summed E-state index contributed by atoms with van der Waals surface area (Å²) in [5.41, 5.74) is 3.08. The quantitative estimate of drug-likeness (QED) is 0.380. The maximum atomic E-state index is 13.1. The molecule has 1 aromatic heterocycles. The lowest BCUT2D eigenvalue weighted by atomic mass is 9.89. The van der Waals surface area contributed by atoms with Gasteiger partial charge in [0.05, 0.1) is 5.02 Å². The van der Waals surface area contributed by atoms with Crippen molar-refractivity contribution in [3.63, 3.8) is 0 Å². The van der Waals surface area contributed by atoms with E-state index in [4.69, 9.17) is 27.6 Å². The number of rotatable bonds is 4. The van der Waals surface area contributed by atoms with Crippen molar-refractivity contribution in [1.82, 2.24) is 4.98 Å². The van der Waals surface area contributed by atoms with Gasteiger partial charge in [-0.15, -0.1) is 0 Å². The number of Topliss-reactive ketones (excluding diaryl/α,β-unsaturated/α-hetero) is 1. The summed E-state index contributed by atoms with van der Waals surface area (Å²) in [6.45, 7) is 1.94. The van der Waals surface area contributed by atoms with E-state index in [2.05, 4.69) is 10.3 Å². The van der Waals surface area contributed by atoms with E-state index in [1.54, 1.807) is 18.2 Å². The molecule has 1 aliphatic carbocycles. The standard InChI is InChI=1S/C22H22Cl2N2O2/c1-13-4-2-7-17(24)20(13)21(27)14-5-3-6-16(10-8-14)25-22-26-18-11-9-15(23)12-19(18)28-22/h2,4,7,9,11-12,14,16H,3,5-6,8,10H2,1H3,(H,25,26)/t14?,16-/m0/s1. The highest BCUT2D eigenvalue weighted by molar-refractivity contribution is 6.34. The van der Waals surface area contributed by atoms with Crippen LogP contribution in [0.1, 0.15) is 48.0 Å². The fourth-order valence-corrected chi connectivity index (χ4v) is 4.47. The van der Waals surface area contributed by atoms with Gasteiger partial charge in [0.2, 0.25) is 0 Å². The third-order valence-corrected chi connectivity index (χ3v) is 6.04. The van der Waals surface area contributed by atoms with E-state index in [-0.39, 0.29) is 17.7 Å². The molecule has 0 radical (unpaired) electrons. The van der Waals surface area contributed by atoms with E-state index in [9.17, 15) is 4.79 Å². The number of carbonyl (C=O) groups excluding carboxylic acids is 1. The molecule has 2 atom stereocenters. The van der Waals surface area contributed by atoms with Crippen LogP contribution < -0.4 is 5.32 Å². The Labute approximate surface area is 174 Å². The van der Waals surface area contributed by atoms with Crippen LogP contribution >= 0.6 is 23.2 Å². The lowest BCUT2D eigenvalue weighted by molar-refractivity contribution is 0.0907. The van der Waals surface area contributed by atoms with Crippen molar-refractivity contribution < 1.29 is 9.21 Å². The van der Waals surface area contributed by atoms with Crippen LogP contribution in [0, 0.1) is 12.8 Å². The van der Waals surface area contributed by atoms with Gasteiger partial charge in [-0.3, -0.25) is 4.79 Å². The molecule has 2 aromatic carbocycles. The monoisotopic (exact) mass is 416 g/mol. The molecule has 1 N–H and O–H groups in total. The first-order chi connectivity index (χ1) is 13.5. The number of oxazole rings is 1. The first-order valence-electron chi connectivity index (χ1n) is 9.63. The second-order valence-corrected chi connectivity index (χ2v) is 8.32. The third kappa shape index (κ3) is 4.03. The number of hydrogen-bond acceptors (Lipinski definition) is 4. The zero-order chi connectivity index (χ0) is 19.7. The number of hydrogen-bond donors (Lipinski definition) is 1. The Morgan fingerprint density at radius 3 is 2.82 bits per heavy atom. The number of anilines is 1. The van der Waals surface area contributed by atoms with E-state index in [0.717, 1.165) is 43.2 Å². The fourth-order valence-electron chi connectivity index (χ4n) is 3.99. The second-order valence-electron chi connectivity index (χ2n) is 7.47. The van der Waals surface area contributed by atoms with Crippen molar-refractivity contribution in [1.29, 1.82) is 0 Å². The van der Waals surface area contributed by atoms with E-state index in [1.807, 2.05) is 25.1 Å². The number of nitrogens with one attached hydrogen (secondary N) is 1. The number of aromatic nitrogens is 1. The summed E-state index contributed by atoms with van der Waals surface area (Å²) in [5.74, 6) is 0.174. The number of ketones is 1. The molecule has 0 aliphatic heterocycles. The van der Waals surface area contributed by atoms with Crippen LogP contribution in [0.3, 0.4) is 0 Å². The zero-order valence-corrected chi connectivity index (χ0v) is 17.2. The van der Waals surface area contributed by atoms with Gasteiger partial charge in [0, 0.05) is 28.6 Å². The molecule has 6 heteroatoms. The first kappa shape index (κ1) is 19.3. The normalized spacial score (nSPS) is 20.1. The average Bonchev–Trinajstić information content (AvgIpc) is 2.89. The van der Waals surface area contributed by atoms with E-state index in [1.165, 1.54) is 0 Å². The Kier molecular flexibility index (Phi) is 5.61. The van der Waals surface area contributed by atoms with Crippen molar-refractivity contribution in [2.75, 3.05) is 5.32 Å². The second kappa shape index (κ2) is 8.14. The maximum absolute atomic E-state index is 13.1. The number of carbonyl (C=O) groups is 1. The summed E-state index contributed by atoms with van der Waals surface area (Å²) in [4.78, 5) is 17.5. The van der Waals surface area contributed by atoms with E-state index < -0.39 is 0 Å². The molecule has 0 bridgehead atoms. The third-order valence-electron chi connectivity index (χ3n) is 5.49.